The van der Waals surface area contributed by atoms with Crippen molar-refractivity contribution in [2.45, 2.75) is 19.6 Å². The topological polar surface area (TPSA) is 67.8 Å². The van der Waals surface area contributed by atoms with Gasteiger partial charge >= 0.3 is 5.97 Å². The van der Waals surface area contributed by atoms with Crippen LogP contribution in [0.4, 0.5) is 0 Å². The van der Waals surface area contributed by atoms with Crippen LogP contribution in [0.15, 0.2) is 30.3 Å². The summed E-state index contributed by atoms with van der Waals surface area (Å²) < 4.78 is 10.1. The molecule has 1 aromatic rings. The maximum atomic E-state index is 11.0. The molecular formula is C14H21NO4. The molecule has 0 aliphatic carbocycles. The van der Waals surface area contributed by atoms with Gasteiger partial charge in [-0.25, -0.2) is 0 Å². The lowest BCUT2D eigenvalue weighted by atomic mass is 10.2. The zero-order chi connectivity index (χ0) is 13.9. The third-order valence-corrected chi connectivity index (χ3v) is 2.38. The van der Waals surface area contributed by atoms with Gasteiger partial charge in [0.2, 0.25) is 0 Å². The van der Waals surface area contributed by atoms with E-state index in [-0.39, 0.29) is 19.1 Å². The van der Waals surface area contributed by atoms with Crippen molar-refractivity contribution in [1.82, 2.24) is 5.32 Å². The quantitative estimate of drug-likeness (QED) is 0.645. The van der Waals surface area contributed by atoms with E-state index in [1.54, 1.807) is 6.92 Å². The number of hydrogen-bond acceptors (Lipinski definition) is 5. The monoisotopic (exact) mass is 267 g/mol. The molecule has 5 nitrogen and oxygen atoms in total. The number of carbonyl (C=O) groups is 1. The van der Waals surface area contributed by atoms with E-state index in [0.29, 0.717) is 19.8 Å². The molecule has 5 heteroatoms. The molecule has 0 bridgehead atoms. The average molecular weight is 267 g/mol. The molecule has 1 atom stereocenters. The zero-order valence-electron chi connectivity index (χ0n) is 11.2. The molecule has 1 rings (SSSR count). The Morgan fingerprint density at radius 1 is 1.37 bits per heavy atom. The Labute approximate surface area is 113 Å². The molecular weight excluding hydrogens is 246 g/mol. The van der Waals surface area contributed by atoms with E-state index in [1.165, 1.54) is 0 Å². The number of aliphatic hydroxyl groups is 1. The second-order valence-electron chi connectivity index (χ2n) is 4.09. The number of esters is 1. The zero-order valence-corrected chi connectivity index (χ0v) is 11.2. The van der Waals surface area contributed by atoms with E-state index < -0.39 is 6.10 Å². The summed E-state index contributed by atoms with van der Waals surface area (Å²) in [4.78, 5) is 11.0. The molecule has 0 aliphatic rings. The Kier molecular flexibility index (Phi) is 7.81. The summed E-state index contributed by atoms with van der Waals surface area (Å²) in [5.74, 6) is -0.320. The van der Waals surface area contributed by atoms with Crippen LogP contribution in [0, 0.1) is 0 Å². The van der Waals surface area contributed by atoms with Crippen LogP contribution in [0.1, 0.15) is 12.5 Å². The van der Waals surface area contributed by atoms with Gasteiger partial charge in [-0.05, 0) is 12.5 Å². The van der Waals surface area contributed by atoms with Crippen molar-refractivity contribution in [2.24, 2.45) is 0 Å². The van der Waals surface area contributed by atoms with Crippen molar-refractivity contribution in [1.29, 1.82) is 0 Å². The second-order valence-corrected chi connectivity index (χ2v) is 4.09. The molecule has 0 amide bonds. The van der Waals surface area contributed by atoms with Gasteiger partial charge < -0.3 is 19.9 Å². The third-order valence-electron chi connectivity index (χ3n) is 2.38. The van der Waals surface area contributed by atoms with Crippen LogP contribution in [0.5, 0.6) is 0 Å². The molecule has 106 valence electrons. The number of rotatable bonds is 9. The largest absolute Gasteiger partial charge is 0.465 e. The predicted molar refractivity (Wildman–Crippen MR) is 71.6 cm³/mol. The van der Waals surface area contributed by atoms with Gasteiger partial charge in [0, 0.05) is 6.54 Å². The number of hydrogen-bond donors (Lipinski definition) is 2. The van der Waals surface area contributed by atoms with Gasteiger partial charge in [-0.1, -0.05) is 30.3 Å². The van der Waals surface area contributed by atoms with Crippen molar-refractivity contribution < 1.29 is 19.4 Å². The Hall–Kier alpha value is -1.43. The first-order valence-corrected chi connectivity index (χ1v) is 6.38. The minimum atomic E-state index is -0.641. The van der Waals surface area contributed by atoms with Gasteiger partial charge in [-0.3, -0.25) is 4.79 Å². The SMILES string of the molecule is CCOC(=O)CNCC(O)COCc1ccccc1. The van der Waals surface area contributed by atoms with Gasteiger partial charge in [0.25, 0.3) is 0 Å². The normalized spacial score (nSPS) is 12.1. The van der Waals surface area contributed by atoms with E-state index in [0.717, 1.165) is 5.56 Å². The summed E-state index contributed by atoms with van der Waals surface area (Å²) in [6.45, 7) is 3.21. The van der Waals surface area contributed by atoms with E-state index >= 15 is 0 Å². The molecule has 0 heterocycles. The van der Waals surface area contributed by atoms with Crippen molar-refractivity contribution in [3.8, 4) is 0 Å². The molecule has 0 aromatic heterocycles. The van der Waals surface area contributed by atoms with Crippen LogP contribution in [0.25, 0.3) is 0 Å². The molecule has 0 saturated carbocycles. The first-order chi connectivity index (χ1) is 9.22. The van der Waals surface area contributed by atoms with Gasteiger partial charge in [0.1, 0.15) is 0 Å². The molecule has 0 saturated heterocycles. The molecule has 1 aromatic carbocycles. The fourth-order valence-electron chi connectivity index (χ4n) is 1.50. The highest BCUT2D eigenvalue weighted by molar-refractivity contribution is 5.71. The van der Waals surface area contributed by atoms with Gasteiger partial charge in [-0.15, -0.1) is 0 Å². The van der Waals surface area contributed by atoms with Crippen molar-refractivity contribution in [2.75, 3.05) is 26.3 Å². The van der Waals surface area contributed by atoms with Crippen LogP contribution < -0.4 is 5.32 Å². The van der Waals surface area contributed by atoms with Gasteiger partial charge in [0.05, 0.1) is 32.5 Å². The number of ether oxygens (including phenoxy) is 2. The predicted octanol–water partition coefficient (Wildman–Crippen LogP) is 0.717. The lowest BCUT2D eigenvalue weighted by molar-refractivity contribution is -0.142. The molecule has 2 N–H and O–H groups in total. The molecule has 19 heavy (non-hydrogen) atoms. The standard InChI is InChI=1S/C14H21NO4/c1-2-19-14(17)9-15-8-13(16)11-18-10-12-6-4-3-5-7-12/h3-7,13,15-16H,2,8-11H2,1H3. The van der Waals surface area contributed by atoms with Gasteiger partial charge in [0.15, 0.2) is 0 Å². The summed E-state index contributed by atoms with van der Waals surface area (Å²) in [7, 11) is 0. The van der Waals surface area contributed by atoms with Crippen molar-refractivity contribution >= 4 is 5.97 Å². The number of carbonyl (C=O) groups excluding carboxylic acids is 1. The lowest BCUT2D eigenvalue weighted by Crippen LogP contribution is -2.34. The maximum Gasteiger partial charge on any atom is 0.319 e. The van der Waals surface area contributed by atoms with Crippen molar-refractivity contribution in [3.05, 3.63) is 35.9 Å². The Balaban J connectivity index is 2.05. The van der Waals surface area contributed by atoms with E-state index in [1.807, 2.05) is 30.3 Å². The minimum Gasteiger partial charge on any atom is -0.465 e. The summed E-state index contributed by atoms with van der Waals surface area (Å²) >= 11 is 0. The Bertz CT molecular complexity index is 356. The summed E-state index contributed by atoms with van der Waals surface area (Å²) in [5.41, 5.74) is 1.06. The van der Waals surface area contributed by atoms with E-state index in [4.69, 9.17) is 9.47 Å². The highest BCUT2D eigenvalue weighted by Crippen LogP contribution is 2.00. The van der Waals surface area contributed by atoms with Crippen LogP contribution in [-0.2, 0) is 20.9 Å². The molecule has 1 unspecified atom stereocenters. The molecule has 0 fully saturated rings. The average Bonchev–Trinajstić information content (AvgIpc) is 2.40. The number of benzene rings is 1. The first-order valence-electron chi connectivity index (χ1n) is 6.38. The molecule has 0 radical (unpaired) electrons. The fourth-order valence-corrected chi connectivity index (χ4v) is 1.50. The Morgan fingerprint density at radius 2 is 2.11 bits per heavy atom. The van der Waals surface area contributed by atoms with Crippen LogP contribution in [0.3, 0.4) is 0 Å². The first kappa shape index (κ1) is 15.6. The van der Waals surface area contributed by atoms with E-state index in [9.17, 15) is 9.90 Å². The number of nitrogens with one attached hydrogen (secondary N) is 1. The molecule has 0 aliphatic heterocycles. The smallest absolute Gasteiger partial charge is 0.319 e. The number of aliphatic hydroxyl groups excluding tert-OH is 1. The van der Waals surface area contributed by atoms with Crippen LogP contribution in [0.2, 0.25) is 0 Å². The lowest BCUT2D eigenvalue weighted by Gasteiger charge is -2.12. The minimum absolute atomic E-state index is 0.101. The van der Waals surface area contributed by atoms with E-state index in [2.05, 4.69) is 5.32 Å². The van der Waals surface area contributed by atoms with Gasteiger partial charge in [-0.2, -0.15) is 0 Å². The second kappa shape index (κ2) is 9.49. The fraction of sp³-hybridized carbons (Fsp3) is 0.500. The highest BCUT2D eigenvalue weighted by Gasteiger charge is 2.06. The summed E-state index contributed by atoms with van der Waals surface area (Å²) in [6, 6.07) is 9.75. The van der Waals surface area contributed by atoms with Crippen LogP contribution in [-0.4, -0.2) is 43.5 Å². The third kappa shape index (κ3) is 7.56. The van der Waals surface area contributed by atoms with Crippen molar-refractivity contribution in [3.63, 3.8) is 0 Å². The summed E-state index contributed by atoms with van der Waals surface area (Å²) in [6.07, 6.45) is -0.641. The highest BCUT2D eigenvalue weighted by atomic mass is 16.5. The maximum absolute atomic E-state index is 11.0. The van der Waals surface area contributed by atoms with Crippen LogP contribution >= 0.6 is 0 Å². The summed E-state index contributed by atoms with van der Waals surface area (Å²) in [5, 5.41) is 12.4. The molecule has 0 spiro atoms. The Morgan fingerprint density at radius 3 is 2.79 bits per heavy atom.